The maximum absolute atomic E-state index is 12.5. The van der Waals surface area contributed by atoms with Gasteiger partial charge in [-0.25, -0.2) is 4.79 Å². The number of fused-ring (bicyclic) bond motifs is 1. The number of nitrogens with one attached hydrogen (secondary N) is 1. The minimum absolute atomic E-state index is 0.170. The molecule has 0 spiro atoms. The summed E-state index contributed by atoms with van der Waals surface area (Å²) in [5, 5.41) is 20.9. The molecule has 2 heterocycles. The molecule has 1 aromatic rings. The van der Waals surface area contributed by atoms with Gasteiger partial charge in [-0.2, -0.15) is 0 Å². The third kappa shape index (κ3) is 3.22. The highest BCUT2D eigenvalue weighted by Crippen LogP contribution is 2.40. The minimum Gasteiger partial charge on any atom is -0.477 e. The van der Waals surface area contributed by atoms with Crippen LogP contribution < -0.4 is 5.32 Å². The molecule has 2 aliphatic heterocycles. The molecule has 0 saturated carbocycles. The Balaban J connectivity index is 1.74. The van der Waals surface area contributed by atoms with Crippen LogP contribution in [0.4, 0.5) is 0 Å². The maximum atomic E-state index is 12.5. The molecule has 0 radical (unpaired) electrons. The van der Waals surface area contributed by atoms with E-state index in [0.29, 0.717) is 16.9 Å². The summed E-state index contributed by atoms with van der Waals surface area (Å²) in [6.45, 7) is 1.65. The van der Waals surface area contributed by atoms with Crippen molar-refractivity contribution in [3.8, 4) is 0 Å². The van der Waals surface area contributed by atoms with E-state index < -0.39 is 29.9 Å². The number of hydrogen-bond acceptors (Lipinski definition) is 5. The van der Waals surface area contributed by atoms with E-state index in [0.717, 1.165) is 23.3 Å². The molecule has 0 unspecified atom stereocenters. The molecule has 0 bridgehead atoms. The van der Waals surface area contributed by atoms with E-state index in [9.17, 15) is 24.6 Å². The van der Waals surface area contributed by atoms with Gasteiger partial charge in [0.1, 0.15) is 17.1 Å². The zero-order valence-corrected chi connectivity index (χ0v) is 15.1. The van der Waals surface area contributed by atoms with Gasteiger partial charge in [-0.05, 0) is 29.7 Å². The molecule has 0 aromatic heterocycles. The number of carboxylic acids is 1. The van der Waals surface area contributed by atoms with Gasteiger partial charge in [0.25, 0.3) is 11.8 Å². The van der Waals surface area contributed by atoms with Crippen LogP contribution >= 0.6 is 11.8 Å². The molecule has 2 amide bonds. The molecule has 1 saturated heterocycles. The smallest absolute Gasteiger partial charge is 0.352 e. The number of β-lactam (4-membered cyclic amide) rings is 1. The Morgan fingerprint density at radius 2 is 2.15 bits per heavy atom. The van der Waals surface area contributed by atoms with Gasteiger partial charge in [-0.15, -0.1) is 11.8 Å². The zero-order chi connectivity index (χ0) is 18.8. The van der Waals surface area contributed by atoms with Gasteiger partial charge >= 0.3 is 5.97 Å². The molecule has 1 aromatic carbocycles. The number of rotatable bonds is 6. The maximum Gasteiger partial charge on any atom is 0.352 e. The van der Waals surface area contributed by atoms with E-state index in [4.69, 9.17) is 0 Å². The van der Waals surface area contributed by atoms with Crippen LogP contribution in [0.25, 0.3) is 0 Å². The number of nitrogens with zero attached hydrogens (tertiary/aromatic N) is 1. The van der Waals surface area contributed by atoms with Gasteiger partial charge in [0.05, 0.1) is 6.61 Å². The monoisotopic (exact) mass is 376 g/mol. The van der Waals surface area contributed by atoms with Crippen molar-refractivity contribution in [3.63, 3.8) is 0 Å². The van der Waals surface area contributed by atoms with Crippen LogP contribution in [0.1, 0.15) is 29.3 Å². The molecule has 2 atom stereocenters. The van der Waals surface area contributed by atoms with Crippen molar-refractivity contribution in [2.45, 2.75) is 31.2 Å². The Morgan fingerprint density at radius 3 is 2.81 bits per heavy atom. The molecule has 3 N–H and O–H groups in total. The number of aliphatic hydroxyl groups excluding tert-OH is 1. The van der Waals surface area contributed by atoms with E-state index in [-0.39, 0.29) is 11.6 Å². The van der Waals surface area contributed by atoms with Crippen LogP contribution in [0.15, 0.2) is 35.5 Å². The van der Waals surface area contributed by atoms with Crippen molar-refractivity contribution in [1.29, 1.82) is 0 Å². The van der Waals surface area contributed by atoms with Crippen LogP contribution in [-0.4, -0.2) is 56.7 Å². The average molecular weight is 376 g/mol. The molecular weight excluding hydrogens is 356 g/mol. The van der Waals surface area contributed by atoms with Gasteiger partial charge in [0, 0.05) is 11.3 Å². The summed E-state index contributed by atoms with van der Waals surface area (Å²) in [5.74, 6) is -1.76. The number of carbonyl (C=O) groups excluding carboxylic acids is 2. The Hall–Kier alpha value is -2.32. The summed E-state index contributed by atoms with van der Waals surface area (Å²) in [5.41, 5.74) is 1.67. The number of carbonyl (C=O) groups is 3. The van der Waals surface area contributed by atoms with Gasteiger partial charge in [-0.1, -0.05) is 25.5 Å². The molecule has 8 heteroatoms. The van der Waals surface area contributed by atoms with E-state index >= 15 is 0 Å². The third-order valence-electron chi connectivity index (χ3n) is 4.46. The van der Waals surface area contributed by atoms with Crippen LogP contribution in [0.3, 0.4) is 0 Å². The standard InChI is InChI=1S/C18H20N2O5S/c1-2-4-10-5-3-6-11(7-10)15(22)19-13-16(23)20-14(18(24)25)12(8-21)9-26-17(13)20/h3,5-7,13,17,21H,2,4,8-9H2,1H3,(H,19,22)(H,24,25)/t13-,17+/m0/s1. The van der Waals surface area contributed by atoms with E-state index in [1.165, 1.54) is 11.8 Å². The topological polar surface area (TPSA) is 107 Å². The largest absolute Gasteiger partial charge is 0.477 e. The summed E-state index contributed by atoms with van der Waals surface area (Å²) in [7, 11) is 0. The number of hydrogen-bond donors (Lipinski definition) is 3. The highest BCUT2D eigenvalue weighted by atomic mass is 32.2. The first kappa shape index (κ1) is 18.5. The lowest BCUT2D eigenvalue weighted by Gasteiger charge is -2.49. The number of benzene rings is 1. The molecule has 0 aliphatic carbocycles. The van der Waals surface area contributed by atoms with Crippen LogP contribution in [-0.2, 0) is 16.0 Å². The quantitative estimate of drug-likeness (QED) is 0.639. The highest BCUT2D eigenvalue weighted by Gasteiger charge is 2.54. The lowest BCUT2D eigenvalue weighted by Crippen LogP contribution is -2.70. The summed E-state index contributed by atoms with van der Waals surface area (Å²) in [6, 6.07) is 6.49. The molecule has 2 aliphatic rings. The summed E-state index contributed by atoms with van der Waals surface area (Å²) in [6.07, 6.45) is 1.84. The first-order chi connectivity index (χ1) is 12.5. The lowest BCUT2D eigenvalue weighted by atomic mass is 10.0. The van der Waals surface area contributed by atoms with E-state index in [1.807, 2.05) is 12.1 Å². The zero-order valence-electron chi connectivity index (χ0n) is 14.3. The number of amides is 2. The number of aliphatic carboxylic acids is 1. The van der Waals surface area contributed by atoms with Crippen LogP contribution in [0, 0.1) is 0 Å². The highest BCUT2D eigenvalue weighted by molar-refractivity contribution is 8.00. The van der Waals surface area contributed by atoms with Crippen LogP contribution in [0.2, 0.25) is 0 Å². The second-order valence-corrected chi connectivity index (χ2v) is 7.33. The van der Waals surface area contributed by atoms with Gasteiger partial charge in [0.15, 0.2) is 0 Å². The van der Waals surface area contributed by atoms with E-state index in [1.54, 1.807) is 12.1 Å². The van der Waals surface area contributed by atoms with Crippen molar-refractivity contribution < 1.29 is 24.6 Å². The molecule has 26 heavy (non-hydrogen) atoms. The Labute approximate surface area is 155 Å². The Bertz CT molecular complexity index is 792. The second kappa shape index (κ2) is 7.51. The minimum atomic E-state index is -1.25. The van der Waals surface area contributed by atoms with Crippen molar-refractivity contribution in [3.05, 3.63) is 46.7 Å². The van der Waals surface area contributed by atoms with Gasteiger partial charge < -0.3 is 15.5 Å². The molecule has 1 fully saturated rings. The molecule has 7 nitrogen and oxygen atoms in total. The predicted molar refractivity (Wildman–Crippen MR) is 96.5 cm³/mol. The number of thioether (sulfide) groups is 1. The summed E-state index contributed by atoms with van der Waals surface area (Å²) < 4.78 is 0. The SMILES string of the molecule is CCCc1cccc(C(=O)N[C@H]2C(=O)N3C(C(=O)O)=C(CO)CS[C@H]23)c1. The molecule has 138 valence electrons. The van der Waals surface area contributed by atoms with Crippen molar-refractivity contribution >= 4 is 29.5 Å². The summed E-state index contributed by atoms with van der Waals surface area (Å²) in [4.78, 5) is 37.5. The van der Waals surface area contributed by atoms with Gasteiger partial charge in [-0.3, -0.25) is 14.5 Å². The summed E-state index contributed by atoms with van der Waals surface area (Å²) >= 11 is 1.34. The fourth-order valence-electron chi connectivity index (χ4n) is 3.19. The number of carboxylic acid groups (broad SMARTS) is 1. The second-order valence-electron chi connectivity index (χ2n) is 6.23. The van der Waals surface area contributed by atoms with Crippen molar-refractivity contribution in [2.24, 2.45) is 0 Å². The normalized spacial score (nSPS) is 21.9. The third-order valence-corrected chi connectivity index (χ3v) is 5.79. The fourth-order valence-corrected chi connectivity index (χ4v) is 4.52. The Morgan fingerprint density at radius 1 is 1.38 bits per heavy atom. The number of aliphatic hydroxyl groups is 1. The average Bonchev–Trinajstić information content (AvgIpc) is 2.64. The van der Waals surface area contributed by atoms with Crippen molar-refractivity contribution in [2.75, 3.05) is 12.4 Å². The first-order valence-corrected chi connectivity index (χ1v) is 9.43. The molecular formula is C18H20N2O5S. The first-order valence-electron chi connectivity index (χ1n) is 8.38. The van der Waals surface area contributed by atoms with E-state index in [2.05, 4.69) is 12.2 Å². The predicted octanol–water partition coefficient (Wildman–Crippen LogP) is 0.984. The van der Waals surface area contributed by atoms with Gasteiger partial charge in [0.2, 0.25) is 0 Å². The number of aryl methyl sites for hydroxylation is 1. The van der Waals surface area contributed by atoms with Crippen LogP contribution in [0.5, 0.6) is 0 Å². The lowest BCUT2D eigenvalue weighted by molar-refractivity contribution is -0.148. The Kier molecular flexibility index (Phi) is 5.33. The van der Waals surface area contributed by atoms with Crippen molar-refractivity contribution in [1.82, 2.24) is 10.2 Å². The fraction of sp³-hybridized carbons (Fsp3) is 0.389. The molecule has 3 rings (SSSR count).